The van der Waals surface area contributed by atoms with Crippen molar-refractivity contribution >= 4 is 33.6 Å². The molecule has 37 heavy (non-hydrogen) atoms. The van der Waals surface area contributed by atoms with Crippen molar-refractivity contribution in [2.75, 3.05) is 18.4 Å². The van der Waals surface area contributed by atoms with Gasteiger partial charge in [-0.15, -0.1) is 0 Å². The molecule has 0 radical (unpaired) electrons. The molecule has 188 valence electrons. The first-order chi connectivity index (χ1) is 18.0. The second-order valence-corrected chi connectivity index (χ2v) is 8.99. The summed E-state index contributed by atoms with van der Waals surface area (Å²) < 4.78 is 28.0. The summed E-state index contributed by atoms with van der Waals surface area (Å²) >= 11 is 0. The summed E-state index contributed by atoms with van der Waals surface area (Å²) in [5, 5.41) is 6.30. The third kappa shape index (κ3) is 4.73. The molecule has 0 spiro atoms. The quantitative estimate of drug-likeness (QED) is 0.354. The Bertz CT molecular complexity index is 1590. The zero-order valence-electron chi connectivity index (χ0n) is 20.3. The van der Waals surface area contributed by atoms with Gasteiger partial charge < -0.3 is 24.7 Å². The molecule has 0 saturated carbocycles. The maximum absolute atomic E-state index is 14.2. The van der Waals surface area contributed by atoms with Gasteiger partial charge in [0.25, 0.3) is 0 Å². The SMILES string of the molecule is Cc1cc(Nc2ncnc3cnc(O[C@H]4CCNC[C@@H]4F)nc23)ccc1Oc1ccc2c(c1)ncn2C. The molecule has 1 fully saturated rings. The summed E-state index contributed by atoms with van der Waals surface area (Å²) in [4.78, 5) is 21.7. The van der Waals surface area contributed by atoms with Gasteiger partial charge >= 0.3 is 6.01 Å². The summed E-state index contributed by atoms with van der Waals surface area (Å²) in [6, 6.07) is 11.7. The number of ether oxygens (including phenoxy) is 2. The number of rotatable bonds is 6. The van der Waals surface area contributed by atoms with E-state index in [1.807, 2.05) is 54.9 Å². The molecule has 0 bridgehead atoms. The average molecular weight is 501 g/mol. The highest BCUT2D eigenvalue weighted by molar-refractivity contribution is 5.86. The maximum Gasteiger partial charge on any atom is 0.317 e. The molecule has 3 aromatic heterocycles. The Kier molecular flexibility index (Phi) is 5.97. The smallest absolute Gasteiger partial charge is 0.317 e. The number of imidazole rings is 1. The lowest BCUT2D eigenvalue weighted by Crippen LogP contribution is -2.44. The van der Waals surface area contributed by atoms with E-state index in [1.54, 1.807) is 12.5 Å². The fourth-order valence-electron chi connectivity index (χ4n) is 4.34. The minimum atomic E-state index is -1.12. The van der Waals surface area contributed by atoms with Crippen LogP contribution in [-0.4, -0.2) is 54.9 Å². The van der Waals surface area contributed by atoms with Gasteiger partial charge in [-0.05, 0) is 55.8 Å². The molecule has 6 rings (SSSR count). The highest BCUT2D eigenvalue weighted by atomic mass is 19.1. The van der Waals surface area contributed by atoms with Crippen molar-refractivity contribution < 1.29 is 13.9 Å². The first-order valence-electron chi connectivity index (χ1n) is 12.0. The van der Waals surface area contributed by atoms with E-state index in [1.165, 1.54) is 6.33 Å². The zero-order valence-corrected chi connectivity index (χ0v) is 20.3. The molecule has 1 aliphatic rings. The van der Waals surface area contributed by atoms with Crippen LogP contribution in [0, 0.1) is 6.92 Å². The van der Waals surface area contributed by atoms with E-state index in [-0.39, 0.29) is 12.6 Å². The van der Waals surface area contributed by atoms with Gasteiger partial charge in [-0.25, -0.2) is 24.3 Å². The number of benzene rings is 2. The van der Waals surface area contributed by atoms with Crippen molar-refractivity contribution in [2.45, 2.75) is 25.6 Å². The largest absolute Gasteiger partial charge is 0.457 e. The molecule has 0 unspecified atom stereocenters. The van der Waals surface area contributed by atoms with Gasteiger partial charge in [-0.3, -0.25) is 0 Å². The number of hydrogen-bond donors (Lipinski definition) is 2. The number of alkyl halides is 1. The molecule has 2 N–H and O–H groups in total. The van der Waals surface area contributed by atoms with Crippen LogP contribution in [0.25, 0.3) is 22.1 Å². The number of hydrogen-bond acceptors (Lipinski definition) is 9. The van der Waals surface area contributed by atoms with Gasteiger partial charge in [0, 0.05) is 25.3 Å². The molecule has 2 atom stereocenters. The minimum absolute atomic E-state index is 0.102. The Balaban J connectivity index is 1.22. The number of halogens is 1. The predicted molar refractivity (Wildman–Crippen MR) is 137 cm³/mol. The number of aromatic nitrogens is 6. The summed E-state index contributed by atoms with van der Waals surface area (Å²) in [6.45, 7) is 2.91. The van der Waals surface area contributed by atoms with Gasteiger partial charge in [0.05, 0.1) is 23.6 Å². The van der Waals surface area contributed by atoms with Gasteiger partial charge in [-0.2, -0.15) is 4.98 Å². The Labute approximate surface area is 211 Å². The standard InChI is InChI=1S/C26H25FN8O2/c1-15-9-16(3-6-22(15)36-17-4-5-21-19(10-17)32-14-35(21)2)33-25-24-20(30-13-31-25)12-29-26(34-24)37-23-7-8-28-11-18(23)27/h3-6,9-10,12-14,18,23,28H,7-8,11H2,1-2H3,(H,30,31,33)/t18-,23-/m0/s1. The summed E-state index contributed by atoms with van der Waals surface area (Å²) in [5.41, 5.74) is 4.68. The Morgan fingerprint density at radius 2 is 2.00 bits per heavy atom. The number of aryl methyl sites for hydroxylation is 2. The predicted octanol–water partition coefficient (Wildman–Crippen LogP) is 4.23. The van der Waals surface area contributed by atoms with Gasteiger partial charge in [-0.1, -0.05) is 0 Å². The van der Waals surface area contributed by atoms with Crippen molar-refractivity contribution in [1.29, 1.82) is 0 Å². The van der Waals surface area contributed by atoms with E-state index < -0.39 is 12.3 Å². The number of nitrogens with zero attached hydrogens (tertiary/aromatic N) is 6. The first kappa shape index (κ1) is 23.0. The van der Waals surface area contributed by atoms with Crippen LogP contribution in [0.3, 0.4) is 0 Å². The van der Waals surface area contributed by atoms with Gasteiger partial charge in [0.2, 0.25) is 0 Å². The molecule has 1 aliphatic heterocycles. The lowest BCUT2D eigenvalue weighted by Gasteiger charge is -2.26. The first-order valence-corrected chi connectivity index (χ1v) is 12.0. The zero-order chi connectivity index (χ0) is 25.4. The van der Waals surface area contributed by atoms with E-state index in [0.717, 1.165) is 28.0 Å². The van der Waals surface area contributed by atoms with Gasteiger partial charge in [0.15, 0.2) is 5.82 Å². The van der Waals surface area contributed by atoms with E-state index in [2.05, 4.69) is 35.6 Å². The lowest BCUT2D eigenvalue weighted by atomic mass is 10.1. The molecular formula is C26H25FN8O2. The molecule has 0 aliphatic carbocycles. The van der Waals surface area contributed by atoms with Gasteiger partial charge in [0.1, 0.15) is 41.1 Å². The van der Waals surface area contributed by atoms with Crippen LogP contribution >= 0.6 is 0 Å². The molecule has 11 heteroatoms. The minimum Gasteiger partial charge on any atom is -0.457 e. The van der Waals surface area contributed by atoms with Crippen LogP contribution in [-0.2, 0) is 7.05 Å². The average Bonchev–Trinajstić information content (AvgIpc) is 3.27. The van der Waals surface area contributed by atoms with Crippen LogP contribution in [0.15, 0.2) is 55.2 Å². The van der Waals surface area contributed by atoms with Crippen LogP contribution in [0.1, 0.15) is 12.0 Å². The molecule has 1 saturated heterocycles. The third-order valence-corrected chi connectivity index (χ3v) is 6.32. The lowest BCUT2D eigenvalue weighted by molar-refractivity contribution is 0.0655. The van der Waals surface area contributed by atoms with Crippen LogP contribution in [0.4, 0.5) is 15.9 Å². The Morgan fingerprint density at radius 1 is 1.08 bits per heavy atom. The highest BCUT2D eigenvalue weighted by Crippen LogP contribution is 2.31. The third-order valence-electron chi connectivity index (χ3n) is 6.32. The van der Waals surface area contributed by atoms with E-state index >= 15 is 0 Å². The van der Waals surface area contributed by atoms with Crippen molar-refractivity contribution in [3.8, 4) is 17.5 Å². The van der Waals surface area contributed by atoms with Crippen molar-refractivity contribution in [3.63, 3.8) is 0 Å². The fourth-order valence-corrected chi connectivity index (χ4v) is 4.34. The van der Waals surface area contributed by atoms with Crippen molar-refractivity contribution in [1.82, 2.24) is 34.8 Å². The summed E-state index contributed by atoms with van der Waals surface area (Å²) in [7, 11) is 1.96. The van der Waals surface area contributed by atoms with Crippen LogP contribution < -0.4 is 20.1 Å². The Morgan fingerprint density at radius 3 is 2.86 bits per heavy atom. The molecule has 4 heterocycles. The molecule has 5 aromatic rings. The van der Waals surface area contributed by atoms with Crippen LogP contribution in [0.2, 0.25) is 0 Å². The molecule has 2 aromatic carbocycles. The van der Waals surface area contributed by atoms with Crippen LogP contribution in [0.5, 0.6) is 17.5 Å². The molecule has 0 amide bonds. The second kappa shape index (κ2) is 9.58. The maximum atomic E-state index is 14.2. The monoisotopic (exact) mass is 500 g/mol. The highest BCUT2D eigenvalue weighted by Gasteiger charge is 2.27. The van der Waals surface area contributed by atoms with E-state index in [0.29, 0.717) is 35.6 Å². The molecule has 10 nitrogen and oxygen atoms in total. The van der Waals surface area contributed by atoms with Crippen molar-refractivity contribution in [2.24, 2.45) is 7.05 Å². The second-order valence-electron chi connectivity index (χ2n) is 8.99. The molecular weight excluding hydrogens is 475 g/mol. The topological polar surface area (TPSA) is 112 Å². The number of nitrogens with one attached hydrogen (secondary N) is 2. The van der Waals surface area contributed by atoms with Crippen molar-refractivity contribution in [3.05, 3.63) is 60.8 Å². The number of anilines is 2. The normalized spacial score (nSPS) is 17.7. The summed E-state index contributed by atoms with van der Waals surface area (Å²) in [5.74, 6) is 1.94. The van der Waals surface area contributed by atoms with E-state index in [4.69, 9.17) is 9.47 Å². The fraction of sp³-hybridized carbons (Fsp3) is 0.269. The Hall–Kier alpha value is -4.38. The summed E-state index contributed by atoms with van der Waals surface area (Å²) in [6.07, 6.45) is 3.61. The number of fused-ring (bicyclic) bond motifs is 2. The van der Waals surface area contributed by atoms with E-state index in [9.17, 15) is 4.39 Å². The number of piperidine rings is 1.